The van der Waals surface area contributed by atoms with Crippen molar-refractivity contribution in [3.63, 3.8) is 0 Å². The minimum atomic E-state index is -1.97. The van der Waals surface area contributed by atoms with E-state index in [1.165, 1.54) is 20.6 Å². The SMILES string of the molecule is CC1=Cc2ccccc2[CH]1[Ti+2]1([CH]2C(C)=Cc3ccccc32)[CH2][CH2]1.[Cl-].[Cl-]. The van der Waals surface area contributed by atoms with Gasteiger partial charge < -0.3 is 24.8 Å². The molecule has 0 N–H and O–H groups in total. The van der Waals surface area contributed by atoms with Gasteiger partial charge in [-0.1, -0.05) is 0 Å². The first-order valence-corrected chi connectivity index (χ1v) is 12.8. The molecule has 1 fully saturated rings. The van der Waals surface area contributed by atoms with E-state index in [0.29, 0.717) is 0 Å². The number of allylic oxidation sites excluding steroid dienone is 2. The van der Waals surface area contributed by atoms with Crippen LogP contribution in [0.25, 0.3) is 12.2 Å². The maximum absolute atomic E-state index is 2.46. The first-order valence-electron chi connectivity index (χ1n) is 8.75. The molecule has 25 heavy (non-hydrogen) atoms. The molecule has 1 heterocycles. The van der Waals surface area contributed by atoms with Gasteiger partial charge in [0.05, 0.1) is 0 Å². The molecule has 2 unspecified atom stereocenters. The van der Waals surface area contributed by atoms with E-state index < -0.39 is 16.6 Å². The molecule has 3 aliphatic rings. The number of halogens is 2. The summed E-state index contributed by atoms with van der Waals surface area (Å²) >= 11 is -1.97. The summed E-state index contributed by atoms with van der Waals surface area (Å²) in [7, 11) is 0. The number of hydrogen-bond donors (Lipinski definition) is 0. The van der Waals surface area contributed by atoms with E-state index in [2.05, 4.69) is 74.5 Å². The van der Waals surface area contributed by atoms with Crippen LogP contribution in [0.15, 0.2) is 59.7 Å². The van der Waals surface area contributed by atoms with E-state index in [0.717, 1.165) is 8.45 Å². The van der Waals surface area contributed by atoms with Crippen LogP contribution in [0.5, 0.6) is 0 Å². The molecule has 5 rings (SSSR count). The summed E-state index contributed by atoms with van der Waals surface area (Å²) < 4.78 is 4.64. The minimum absolute atomic E-state index is 0. The molecule has 1 aliphatic heterocycles. The molecule has 2 aromatic rings. The van der Waals surface area contributed by atoms with Crippen molar-refractivity contribution in [2.45, 2.75) is 31.7 Å². The van der Waals surface area contributed by atoms with Gasteiger partial charge in [0.2, 0.25) is 0 Å². The minimum Gasteiger partial charge on any atom is -1.00 e. The molecular weight excluding hydrogens is 383 g/mol. The van der Waals surface area contributed by atoms with Crippen molar-refractivity contribution < 1.29 is 41.4 Å². The van der Waals surface area contributed by atoms with E-state index in [1.54, 1.807) is 22.3 Å². The number of fused-ring (bicyclic) bond motifs is 2. The van der Waals surface area contributed by atoms with Gasteiger partial charge in [-0.15, -0.1) is 0 Å². The summed E-state index contributed by atoms with van der Waals surface area (Å²) in [5.74, 6) is 0. The van der Waals surface area contributed by atoms with Crippen LogP contribution >= 0.6 is 0 Å². The maximum atomic E-state index is 2.46. The molecule has 0 saturated carbocycles. The van der Waals surface area contributed by atoms with E-state index in [-0.39, 0.29) is 24.8 Å². The van der Waals surface area contributed by atoms with Crippen molar-refractivity contribution in [3.8, 4) is 0 Å². The van der Waals surface area contributed by atoms with E-state index >= 15 is 0 Å². The fourth-order valence-electron chi connectivity index (χ4n) is 5.37. The molecular formula is C22H22Cl2Ti. The van der Waals surface area contributed by atoms with Crippen LogP contribution in [-0.4, -0.2) is 0 Å². The van der Waals surface area contributed by atoms with Gasteiger partial charge in [-0.25, -0.2) is 0 Å². The first kappa shape index (κ1) is 19.0. The Kier molecular flexibility index (Phi) is 5.12. The molecule has 2 aliphatic carbocycles. The second kappa shape index (κ2) is 6.74. The summed E-state index contributed by atoms with van der Waals surface area (Å²) in [5, 5.41) is 0. The van der Waals surface area contributed by atoms with Gasteiger partial charge in [-0.2, -0.15) is 0 Å². The van der Waals surface area contributed by atoms with Crippen LogP contribution in [0.1, 0.15) is 44.5 Å². The molecule has 0 aromatic heterocycles. The Morgan fingerprint density at radius 3 is 1.48 bits per heavy atom. The van der Waals surface area contributed by atoms with Crippen LogP contribution in [-0.2, 0) is 16.6 Å². The molecule has 2 atom stereocenters. The number of rotatable bonds is 2. The first-order chi connectivity index (χ1) is 11.2. The van der Waals surface area contributed by atoms with Gasteiger partial charge in [0.25, 0.3) is 0 Å². The zero-order valence-electron chi connectivity index (χ0n) is 14.6. The summed E-state index contributed by atoms with van der Waals surface area (Å²) in [5.41, 5.74) is 9.53. The maximum Gasteiger partial charge on any atom is -1.00 e. The Balaban J connectivity index is 0.000000911. The largest absolute Gasteiger partial charge is 1.00 e. The third kappa shape index (κ3) is 2.70. The topological polar surface area (TPSA) is 0 Å². The number of hydrogen-bond acceptors (Lipinski definition) is 0. The Bertz CT molecular complexity index is 808. The Labute approximate surface area is 166 Å². The van der Waals surface area contributed by atoms with E-state index in [9.17, 15) is 0 Å². The Morgan fingerprint density at radius 1 is 0.680 bits per heavy atom. The van der Waals surface area contributed by atoms with Gasteiger partial charge >= 0.3 is 142 Å². The van der Waals surface area contributed by atoms with Gasteiger partial charge in [0, 0.05) is 0 Å². The fourth-order valence-corrected chi connectivity index (χ4v) is 15.9. The predicted octanol–water partition coefficient (Wildman–Crippen LogP) is 0.315. The average Bonchev–Trinajstić information content (AvgIpc) is 3.13. The fraction of sp³-hybridized carbons (Fsp3) is 0.273. The predicted molar refractivity (Wildman–Crippen MR) is 95.3 cm³/mol. The average molecular weight is 405 g/mol. The molecule has 1 saturated heterocycles. The van der Waals surface area contributed by atoms with Crippen LogP contribution in [0.3, 0.4) is 0 Å². The third-order valence-electron chi connectivity index (χ3n) is 6.27. The standard InChI is InChI=1S/2C10H9.C2H4.2ClH.Ti/c2*1-8-6-9-4-2-3-5-10(9)7-8;1-2;;;/h2*2-7H,1H3;1-2H2;2*1H;/q;;;;;+2/p-2. The molecule has 0 nitrogen and oxygen atoms in total. The summed E-state index contributed by atoms with van der Waals surface area (Å²) in [6, 6.07) is 18.3. The van der Waals surface area contributed by atoms with Crippen LogP contribution < -0.4 is 24.8 Å². The summed E-state index contributed by atoms with van der Waals surface area (Å²) in [4.78, 5) is 0. The van der Waals surface area contributed by atoms with Gasteiger partial charge in [0.15, 0.2) is 0 Å². The normalized spacial score (nSPS) is 23.0. The van der Waals surface area contributed by atoms with Gasteiger partial charge in [0.1, 0.15) is 0 Å². The second-order valence-corrected chi connectivity index (χ2v) is 14.8. The molecule has 0 bridgehead atoms. The van der Waals surface area contributed by atoms with Crippen molar-refractivity contribution in [2.75, 3.05) is 0 Å². The quantitative estimate of drug-likeness (QED) is 0.632. The smallest absolute Gasteiger partial charge is 1.00 e. The van der Waals surface area contributed by atoms with Gasteiger partial charge in [-0.05, 0) is 0 Å². The molecule has 0 amide bonds. The Morgan fingerprint density at radius 2 is 1.08 bits per heavy atom. The van der Waals surface area contributed by atoms with Crippen molar-refractivity contribution >= 4 is 12.2 Å². The monoisotopic (exact) mass is 404 g/mol. The number of benzene rings is 2. The van der Waals surface area contributed by atoms with Crippen molar-refractivity contribution in [1.29, 1.82) is 0 Å². The molecule has 0 radical (unpaired) electrons. The zero-order chi connectivity index (χ0) is 15.6. The molecule has 3 heteroatoms. The summed E-state index contributed by atoms with van der Waals surface area (Å²) in [6.07, 6.45) is 4.93. The van der Waals surface area contributed by atoms with E-state index in [1.807, 2.05) is 0 Å². The molecule has 0 spiro atoms. The van der Waals surface area contributed by atoms with Crippen molar-refractivity contribution in [1.82, 2.24) is 0 Å². The molecule has 2 aromatic carbocycles. The van der Waals surface area contributed by atoms with Crippen molar-refractivity contribution in [2.24, 2.45) is 0 Å². The van der Waals surface area contributed by atoms with Gasteiger partial charge in [-0.3, -0.25) is 0 Å². The van der Waals surface area contributed by atoms with Crippen LogP contribution in [0.2, 0.25) is 9.45 Å². The van der Waals surface area contributed by atoms with Crippen LogP contribution in [0.4, 0.5) is 0 Å². The second-order valence-electron chi connectivity index (χ2n) is 7.63. The molecule has 128 valence electrons. The van der Waals surface area contributed by atoms with Crippen molar-refractivity contribution in [3.05, 3.63) is 81.9 Å². The third-order valence-corrected chi connectivity index (χ3v) is 14.8. The zero-order valence-corrected chi connectivity index (χ0v) is 17.7. The summed E-state index contributed by atoms with van der Waals surface area (Å²) in [6.45, 7) is 4.77. The van der Waals surface area contributed by atoms with Crippen LogP contribution in [0, 0.1) is 0 Å². The Hall–Kier alpha value is -0.786. The van der Waals surface area contributed by atoms with E-state index in [4.69, 9.17) is 0 Å².